The van der Waals surface area contributed by atoms with Gasteiger partial charge in [0.25, 0.3) is 5.91 Å². The van der Waals surface area contributed by atoms with Gasteiger partial charge in [0, 0.05) is 5.56 Å². The molecule has 0 saturated carbocycles. The van der Waals surface area contributed by atoms with Crippen LogP contribution in [0.25, 0.3) is 0 Å². The smallest absolute Gasteiger partial charge is 0.251 e. The molecule has 3 aromatic rings. The highest BCUT2D eigenvalue weighted by atomic mass is 16.7. The minimum absolute atomic E-state index is 0.102. The molecule has 2 amide bonds. The van der Waals surface area contributed by atoms with Gasteiger partial charge >= 0.3 is 0 Å². The van der Waals surface area contributed by atoms with E-state index in [4.69, 9.17) is 9.47 Å². The second-order valence-corrected chi connectivity index (χ2v) is 7.66. The van der Waals surface area contributed by atoms with Crippen molar-refractivity contribution in [2.75, 3.05) is 13.3 Å². The molecule has 0 unspecified atom stereocenters. The molecule has 0 fully saturated rings. The molecule has 32 heavy (non-hydrogen) atoms. The fourth-order valence-electron chi connectivity index (χ4n) is 3.71. The van der Waals surface area contributed by atoms with Gasteiger partial charge < -0.3 is 20.1 Å². The molecule has 164 valence electrons. The average molecular weight is 431 g/mol. The monoisotopic (exact) mass is 430 g/mol. The Kier molecular flexibility index (Phi) is 7.02. The predicted molar refractivity (Wildman–Crippen MR) is 122 cm³/mol. The second-order valence-electron chi connectivity index (χ2n) is 7.66. The third-order valence-corrected chi connectivity index (χ3v) is 5.38. The predicted octanol–water partition coefficient (Wildman–Crippen LogP) is 4.03. The topological polar surface area (TPSA) is 76.7 Å². The third-order valence-electron chi connectivity index (χ3n) is 5.38. The lowest BCUT2D eigenvalue weighted by atomic mass is 9.99. The Labute approximate surface area is 187 Å². The molecule has 0 saturated heterocycles. The van der Waals surface area contributed by atoms with Crippen molar-refractivity contribution in [3.8, 4) is 11.5 Å². The third kappa shape index (κ3) is 5.66. The van der Waals surface area contributed by atoms with Crippen LogP contribution in [0.4, 0.5) is 0 Å². The van der Waals surface area contributed by atoms with Crippen LogP contribution in [0.1, 0.15) is 40.4 Å². The molecule has 0 spiro atoms. The van der Waals surface area contributed by atoms with E-state index in [9.17, 15) is 9.59 Å². The van der Waals surface area contributed by atoms with Crippen molar-refractivity contribution in [1.29, 1.82) is 0 Å². The zero-order valence-electron chi connectivity index (χ0n) is 17.8. The summed E-state index contributed by atoms with van der Waals surface area (Å²) in [4.78, 5) is 25.1. The Balaban J connectivity index is 1.31. The number of ether oxygens (including phenoxy) is 2. The lowest BCUT2D eigenvalue weighted by Crippen LogP contribution is -2.38. The summed E-state index contributed by atoms with van der Waals surface area (Å²) in [5.41, 5.74) is 2.75. The largest absolute Gasteiger partial charge is 0.454 e. The maximum Gasteiger partial charge on any atom is 0.251 e. The standard InChI is InChI=1S/C26H26N2O4/c29-25(17-27-26(30)21-14-15-23-24(16-21)32-18-31-23)28-22(20-11-5-2-6-12-20)13-7-10-19-8-3-1-4-9-19/h1-6,8-9,11-12,14-16,22H,7,10,13,17-18H2,(H,27,30)(H,28,29)/t22-/m0/s1. The Bertz CT molecular complexity index is 1050. The van der Waals surface area contributed by atoms with Crippen molar-refractivity contribution in [2.45, 2.75) is 25.3 Å². The molecule has 3 aromatic carbocycles. The van der Waals surface area contributed by atoms with Crippen molar-refractivity contribution in [3.05, 3.63) is 95.6 Å². The SMILES string of the molecule is O=C(CNC(=O)c1ccc2c(c1)OCO2)N[C@@H](CCCc1ccccc1)c1ccccc1. The average Bonchev–Trinajstić information content (AvgIpc) is 3.31. The van der Waals surface area contributed by atoms with Gasteiger partial charge in [0.05, 0.1) is 12.6 Å². The quantitative estimate of drug-likeness (QED) is 0.538. The van der Waals surface area contributed by atoms with Crippen molar-refractivity contribution in [2.24, 2.45) is 0 Å². The lowest BCUT2D eigenvalue weighted by Gasteiger charge is -2.19. The lowest BCUT2D eigenvalue weighted by molar-refractivity contribution is -0.120. The van der Waals surface area contributed by atoms with E-state index in [1.807, 2.05) is 48.5 Å². The second kappa shape index (κ2) is 10.5. The summed E-state index contributed by atoms with van der Waals surface area (Å²) < 4.78 is 10.6. The molecule has 0 bridgehead atoms. The van der Waals surface area contributed by atoms with Gasteiger partial charge in [-0.3, -0.25) is 9.59 Å². The first kappa shape index (κ1) is 21.4. The van der Waals surface area contributed by atoms with E-state index in [-0.39, 0.29) is 31.2 Å². The van der Waals surface area contributed by atoms with Gasteiger partial charge in [0.15, 0.2) is 11.5 Å². The van der Waals surface area contributed by atoms with Gasteiger partial charge in [-0.15, -0.1) is 0 Å². The van der Waals surface area contributed by atoms with Gasteiger partial charge in [-0.25, -0.2) is 0 Å². The molecule has 1 aliphatic heterocycles. The number of nitrogens with one attached hydrogen (secondary N) is 2. The van der Waals surface area contributed by atoms with Crippen LogP contribution >= 0.6 is 0 Å². The molecular formula is C26H26N2O4. The number of amides is 2. The van der Waals surface area contributed by atoms with Crippen molar-refractivity contribution in [3.63, 3.8) is 0 Å². The summed E-state index contributed by atoms with van der Waals surface area (Å²) in [6.45, 7) is 0.0449. The number of carbonyl (C=O) groups excluding carboxylic acids is 2. The zero-order chi connectivity index (χ0) is 22.2. The number of hydrogen-bond donors (Lipinski definition) is 2. The van der Waals surface area contributed by atoms with Crippen LogP contribution in [-0.2, 0) is 11.2 Å². The Hall–Kier alpha value is -3.80. The molecule has 0 aliphatic carbocycles. The highest BCUT2D eigenvalue weighted by molar-refractivity contribution is 5.97. The summed E-state index contributed by atoms with van der Waals surface area (Å²) in [6.07, 6.45) is 2.69. The number of benzene rings is 3. The van der Waals surface area contributed by atoms with Crippen LogP contribution in [-0.4, -0.2) is 25.2 Å². The summed E-state index contributed by atoms with van der Waals surface area (Å²) in [7, 11) is 0. The zero-order valence-corrected chi connectivity index (χ0v) is 17.8. The van der Waals surface area contributed by atoms with Gasteiger partial charge in [0.2, 0.25) is 12.7 Å². The van der Waals surface area contributed by atoms with E-state index in [0.717, 1.165) is 24.8 Å². The van der Waals surface area contributed by atoms with Crippen molar-refractivity contribution < 1.29 is 19.1 Å². The maximum atomic E-state index is 12.6. The summed E-state index contributed by atoms with van der Waals surface area (Å²) in [6, 6.07) is 25.1. The van der Waals surface area contributed by atoms with Gasteiger partial charge in [0.1, 0.15) is 0 Å². The Morgan fingerprint density at radius 3 is 2.38 bits per heavy atom. The normalized spacial score (nSPS) is 12.8. The molecule has 1 atom stereocenters. The summed E-state index contributed by atoms with van der Waals surface area (Å²) >= 11 is 0. The van der Waals surface area contributed by atoms with Crippen LogP contribution in [0.2, 0.25) is 0 Å². The summed E-state index contributed by atoms with van der Waals surface area (Å²) in [5, 5.41) is 5.75. The number of aryl methyl sites for hydroxylation is 1. The number of carbonyl (C=O) groups is 2. The van der Waals surface area contributed by atoms with Crippen LogP contribution in [0.5, 0.6) is 11.5 Å². The molecule has 6 heteroatoms. The van der Waals surface area contributed by atoms with Crippen LogP contribution in [0.3, 0.4) is 0 Å². The van der Waals surface area contributed by atoms with Gasteiger partial charge in [-0.05, 0) is 48.6 Å². The van der Waals surface area contributed by atoms with Crippen molar-refractivity contribution >= 4 is 11.8 Å². The van der Waals surface area contributed by atoms with Crippen LogP contribution in [0.15, 0.2) is 78.9 Å². The number of hydrogen-bond acceptors (Lipinski definition) is 4. The minimum atomic E-state index is -0.334. The van der Waals surface area contributed by atoms with Gasteiger partial charge in [-0.1, -0.05) is 60.7 Å². The first-order valence-electron chi connectivity index (χ1n) is 10.7. The number of fused-ring (bicyclic) bond motifs is 1. The van der Waals surface area contributed by atoms with E-state index < -0.39 is 0 Å². The fraction of sp³-hybridized carbons (Fsp3) is 0.231. The highest BCUT2D eigenvalue weighted by Gasteiger charge is 2.18. The fourth-order valence-corrected chi connectivity index (χ4v) is 3.71. The first-order chi connectivity index (χ1) is 15.7. The number of rotatable bonds is 9. The molecule has 4 rings (SSSR count). The molecule has 1 aliphatic rings. The summed E-state index contributed by atoms with van der Waals surface area (Å²) in [5.74, 6) is 0.580. The van der Waals surface area contributed by atoms with Crippen LogP contribution in [0, 0.1) is 0 Å². The molecule has 1 heterocycles. The van der Waals surface area contributed by atoms with Gasteiger partial charge in [-0.2, -0.15) is 0 Å². The first-order valence-corrected chi connectivity index (χ1v) is 10.7. The molecular weight excluding hydrogens is 404 g/mol. The Morgan fingerprint density at radius 1 is 0.875 bits per heavy atom. The molecule has 2 N–H and O–H groups in total. The maximum absolute atomic E-state index is 12.6. The molecule has 6 nitrogen and oxygen atoms in total. The van der Waals surface area contributed by atoms with E-state index >= 15 is 0 Å². The van der Waals surface area contributed by atoms with E-state index in [0.29, 0.717) is 17.1 Å². The van der Waals surface area contributed by atoms with E-state index in [1.165, 1.54) is 5.56 Å². The minimum Gasteiger partial charge on any atom is -0.454 e. The van der Waals surface area contributed by atoms with E-state index in [1.54, 1.807) is 18.2 Å². The molecule has 0 radical (unpaired) electrons. The Morgan fingerprint density at radius 2 is 1.59 bits per heavy atom. The molecule has 0 aromatic heterocycles. The highest BCUT2D eigenvalue weighted by Crippen LogP contribution is 2.32. The van der Waals surface area contributed by atoms with Crippen molar-refractivity contribution in [1.82, 2.24) is 10.6 Å². The van der Waals surface area contributed by atoms with E-state index in [2.05, 4.69) is 22.8 Å². The van der Waals surface area contributed by atoms with Crippen LogP contribution < -0.4 is 20.1 Å².